The lowest BCUT2D eigenvalue weighted by molar-refractivity contribution is -0.133. The number of rotatable bonds is 4. The molecule has 0 bridgehead atoms. The monoisotopic (exact) mass is 312 g/mol. The molecule has 0 saturated carbocycles. The minimum Gasteiger partial charge on any atom is -0.497 e. The van der Waals surface area contributed by atoms with Gasteiger partial charge in [0.05, 0.1) is 7.11 Å². The number of anilines is 2. The largest absolute Gasteiger partial charge is 0.497 e. The highest BCUT2D eigenvalue weighted by molar-refractivity contribution is 6.43. The zero-order valence-corrected chi connectivity index (χ0v) is 13.5. The van der Waals surface area contributed by atoms with Gasteiger partial charge in [-0.15, -0.1) is 0 Å². The zero-order valence-electron chi connectivity index (χ0n) is 13.5. The van der Waals surface area contributed by atoms with E-state index in [-0.39, 0.29) is 0 Å². The summed E-state index contributed by atoms with van der Waals surface area (Å²) in [6, 6.07) is 12.5. The number of aryl methyl sites for hydroxylation is 2. The highest BCUT2D eigenvalue weighted by Gasteiger charge is 2.16. The van der Waals surface area contributed by atoms with Crippen LogP contribution >= 0.6 is 0 Å². The van der Waals surface area contributed by atoms with Crippen LogP contribution in [0.5, 0.6) is 5.75 Å². The van der Waals surface area contributed by atoms with E-state index in [0.717, 1.165) is 17.5 Å². The van der Waals surface area contributed by atoms with Gasteiger partial charge in [-0.2, -0.15) is 0 Å². The van der Waals surface area contributed by atoms with E-state index in [0.29, 0.717) is 17.1 Å². The summed E-state index contributed by atoms with van der Waals surface area (Å²) in [5.74, 6) is -0.717. The molecule has 0 fully saturated rings. The predicted molar refractivity (Wildman–Crippen MR) is 90.8 cm³/mol. The number of para-hydroxylation sites is 1. The molecule has 2 rings (SSSR count). The van der Waals surface area contributed by atoms with Gasteiger partial charge in [0, 0.05) is 11.4 Å². The van der Waals surface area contributed by atoms with Crippen LogP contribution in [0, 0.1) is 6.92 Å². The van der Waals surface area contributed by atoms with Crippen molar-refractivity contribution in [3.8, 4) is 5.75 Å². The van der Waals surface area contributed by atoms with E-state index in [2.05, 4.69) is 10.6 Å². The Morgan fingerprint density at radius 2 is 1.65 bits per heavy atom. The first-order valence-electron chi connectivity index (χ1n) is 7.40. The standard InChI is InChI=1S/C18H20N2O3/c1-4-13-7-5-6-12(2)16(13)20-18(22)17(21)19-14-8-10-15(23-3)11-9-14/h5-11H,4H2,1-3H3,(H,19,21)(H,20,22). The SMILES string of the molecule is CCc1cccc(C)c1NC(=O)C(=O)Nc1ccc(OC)cc1. The molecule has 0 saturated heterocycles. The number of hydrogen-bond donors (Lipinski definition) is 2. The number of nitrogens with one attached hydrogen (secondary N) is 2. The van der Waals surface area contributed by atoms with Crippen LogP contribution in [0.3, 0.4) is 0 Å². The molecule has 0 atom stereocenters. The van der Waals surface area contributed by atoms with Crippen molar-refractivity contribution in [1.82, 2.24) is 0 Å². The molecular formula is C18H20N2O3. The molecule has 0 aromatic heterocycles. The van der Waals surface area contributed by atoms with E-state index in [1.54, 1.807) is 31.4 Å². The van der Waals surface area contributed by atoms with Crippen molar-refractivity contribution in [2.45, 2.75) is 20.3 Å². The van der Waals surface area contributed by atoms with E-state index in [4.69, 9.17) is 4.74 Å². The minimum absolute atomic E-state index is 0.534. The summed E-state index contributed by atoms with van der Waals surface area (Å²) in [5, 5.41) is 5.26. The fourth-order valence-corrected chi connectivity index (χ4v) is 2.23. The Balaban J connectivity index is 2.07. The van der Waals surface area contributed by atoms with Crippen LogP contribution in [-0.2, 0) is 16.0 Å². The zero-order chi connectivity index (χ0) is 16.8. The number of carbonyl (C=O) groups is 2. The second-order valence-corrected chi connectivity index (χ2v) is 5.10. The maximum Gasteiger partial charge on any atom is 0.314 e. The van der Waals surface area contributed by atoms with Crippen molar-refractivity contribution < 1.29 is 14.3 Å². The summed E-state index contributed by atoms with van der Waals surface area (Å²) >= 11 is 0. The van der Waals surface area contributed by atoms with Gasteiger partial charge >= 0.3 is 11.8 Å². The quantitative estimate of drug-likeness (QED) is 0.852. The van der Waals surface area contributed by atoms with E-state index >= 15 is 0 Å². The molecule has 0 aliphatic rings. The summed E-state index contributed by atoms with van der Waals surface area (Å²) in [6.45, 7) is 3.90. The number of hydrogen-bond acceptors (Lipinski definition) is 3. The maximum atomic E-state index is 12.1. The normalized spacial score (nSPS) is 10.0. The highest BCUT2D eigenvalue weighted by Crippen LogP contribution is 2.21. The summed E-state index contributed by atoms with van der Waals surface area (Å²) in [5.41, 5.74) is 3.15. The Morgan fingerprint density at radius 1 is 1.00 bits per heavy atom. The second-order valence-electron chi connectivity index (χ2n) is 5.10. The number of carbonyl (C=O) groups excluding carboxylic acids is 2. The molecule has 120 valence electrons. The molecule has 0 spiro atoms. The Hall–Kier alpha value is -2.82. The van der Waals surface area contributed by atoms with Crippen LogP contribution in [0.1, 0.15) is 18.1 Å². The number of benzene rings is 2. The smallest absolute Gasteiger partial charge is 0.314 e. The first-order chi connectivity index (χ1) is 11.0. The number of amides is 2. The Kier molecular flexibility index (Phi) is 5.36. The second kappa shape index (κ2) is 7.45. The van der Waals surface area contributed by atoms with Gasteiger partial charge in [-0.3, -0.25) is 9.59 Å². The van der Waals surface area contributed by atoms with E-state index in [9.17, 15) is 9.59 Å². The van der Waals surface area contributed by atoms with Gasteiger partial charge in [0.2, 0.25) is 0 Å². The lowest BCUT2D eigenvalue weighted by Crippen LogP contribution is -2.29. The van der Waals surface area contributed by atoms with Gasteiger partial charge in [-0.25, -0.2) is 0 Å². The maximum absolute atomic E-state index is 12.1. The summed E-state index contributed by atoms with van der Waals surface area (Å²) in [4.78, 5) is 24.1. The van der Waals surface area contributed by atoms with Gasteiger partial charge in [0.15, 0.2) is 0 Å². The molecule has 2 aromatic rings. The lowest BCUT2D eigenvalue weighted by Gasteiger charge is -2.13. The summed E-state index contributed by atoms with van der Waals surface area (Å²) in [7, 11) is 1.56. The molecule has 2 aromatic carbocycles. The van der Waals surface area contributed by atoms with E-state index in [1.807, 2.05) is 32.0 Å². The molecule has 2 N–H and O–H groups in total. The Labute approximate surface area is 135 Å². The molecule has 0 aliphatic carbocycles. The third-order valence-electron chi connectivity index (χ3n) is 3.53. The molecule has 5 nitrogen and oxygen atoms in total. The molecule has 0 heterocycles. The molecule has 0 radical (unpaired) electrons. The lowest BCUT2D eigenvalue weighted by atomic mass is 10.1. The van der Waals surface area contributed by atoms with Crippen LogP contribution in [0.2, 0.25) is 0 Å². The van der Waals surface area contributed by atoms with Crippen molar-refractivity contribution in [2.75, 3.05) is 17.7 Å². The summed E-state index contributed by atoms with van der Waals surface area (Å²) < 4.78 is 5.05. The Morgan fingerprint density at radius 3 is 2.26 bits per heavy atom. The topological polar surface area (TPSA) is 67.4 Å². The van der Waals surface area contributed by atoms with E-state index < -0.39 is 11.8 Å². The van der Waals surface area contributed by atoms with Crippen LogP contribution in [0.4, 0.5) is 11.4 Å². The molecule has 23 heavy (non-hydrogen) atoms. The number of methoxy groups -OCH3 is 1. The van der Waals surface area contributed by atoms with Gasteiger partial charge < -0.3 is 15.4 Å². The van der Waals surface area contributed by atoms with Gasteiger partial charge in [-0.1, -0.05) is 25.1 Å². The Bertz CT molecular complexity index is 709. The van der Waals surface area contributed by atoms with Gasteiger partial charge in [0.1, 0.15) is 5.75 Å². The fraction of sp³-hybridized carbons (Fsp3) is 0.222. The third-order valence-corrected chi connectivity index (χ3v) is 3.53. The van der Waals surface area contributed by atoms with Crippen molar-refractivity contribution in [1.29, 1.82) is 0 Å². The average molecular weight is 312 g/mol. The first kappa shape index (κ1) is 16.5. The first-order valence-corrected chi connectivity index (χ1v) is 7.40. The third kappa shape index (κ3) is 4.10. The molecule has 0 unspecified atom stereocenters. The summed E-state index contributed by atoms with van der Waals surface area (Å²) in [6.07, 6.45) is 0.775. The molecule has 2 amide bonds. The highest BCUT2D eigenvalue weighted by atomic mass is 16.5. The van der Waals surface area contributed by atoms with Crippen LogP contribution in [-0.4, -0.2) is 18.9 Å². The number of ether oxygens (including phenoxy) is 1. The van der Waals surface area contributed by atoms with Crippen molar-refractivity contribution in [2.24, 2.45) is 0 Å². The fourth-order valence-electron chi connectivity index (χ4n) is 2.23. The average Bonchev–Trinajstić information content (AvgIpc) is 2.57. The van der Waals surface area contributed by atoms with E-state index in [1.165, 1.54) is 0 Å². The minimum atomic E-state index is -0.708. The van der Waals surface area contributed by atoms with Gasteiger partial charge in [0.25, 0.3) is 0 Å². The van der Waals surface area contributed by atoms with Crippen molar-refractivity contribution >= 4 is 23.2 Å². The molecule has 5 heteroatoms. The predicted octanol–water partition coefficient (Wildman–Crippen LogP) is 3.14. The molecule has 0 aliphatic heterocycles. The van der Waals surface area contributed by atoms with Crippen LogP contribution in [0.15, 0.2) is 42.5 Å². The van der Waals surface area contributed by atoms with Crippen LogP contribution < -0.4 is 15.4 Å². The van der Waals surface area contributed by atoms with Crippen molar-refractivity contribution in [3.63, 3.8) is 0 Å². The van der Waals surface area contributed by atoms with Crippen LogP contribution in [0.25, 0.3) is 0 Å². The van der Waals surface area contributed by atoms with Gasteiger partial charge in [-0.05, 0) is 48.7 Å². The molecular weight excluding hydrogens is 292 g/mol. The van der Waals surface area contributed by atoms with Crippen molar-refractivity contribution in [3.05, 3.63) is 53.6 Å².